The van der Waals surface area contributed by atoms with Crippen molar-refractivity contribution in [2.45, 2.75) is 45.1 Å². The summed E-state index contributed by atoms with van der Waals surface area (Å²) >= 11 is 0. The van der Waals surface area contributed by atoms with E-state index in [1.807, 2.05) is 17.0 Å². The molecule has 27 heavy (non-hydrogen) atoms. The fourth-order valence-electron chi connectivity index (χ4n) is 3.40. The van der Waals surface area contributed by atoms with E-state index >= 15 is 0 Å². The van der Waals surface area contributed by atoms with Crippen molar-refractivity contribution >= 4 is 30.7 Å². The van der Waals surface area contributed by atoms with Crippen LogP contribution in [-0.2, 0) is 4.79 Å². The minimum absolute atomic E-state index is 0. The van der Waals surface area contributed by atoms with Gasteiger partial charge in [0.05, 0.1) is 7.11 Å². The van der Waals surface area contributed by atoms with Gasteiger partial charge < -0.3 is 15.4 Å². The molecule has 0 aromatic heterocycles. The Kier molecular flexibility index (Phi) is 13.5. The second-order valence-electron chi connectivity index (χ2n) is 6.82. The number of benzene rings is 1. The van der Waals surface area contributed by atoms with Gasteiger partial charge in [0.2, 0.25) is 5.91 Å². The minimum Gasteiger partial charge on any atom is -0.497 e. The van der Waals surface area contributed by atoms with Gasteiger partial charge in [0, 0.05) is 38.6 Å². The number of nitrogens with two attached hydrogens (primary N) is 1. The van der Waals surface area contributed by atoms with Gasteiger partial charge in [-0.1, -0.05) is 25.0 Å². The lowest BCUT2D eigenvalue weighted by Crippen LogP contribution is -2.49. The molecule has 1 saturated heterocycles. The van der Waals surface area contributed by atoms with Gasteiger partial charge in [-0.2, -0.15) is 0 Å². The zero-order valence-electron chi connectivity index (χ0n) is 16.6. The molecule has 0 bridgehead atoms. The van der Waals surface area contributed by atoms with Crippen molar-refractivity contribution in [3.8, 4) is 5.75 Å². The van der Waals surface area contributed by atoms with E-state index in [4.69, 9.17) is 10.5 Å². The molecule has 1 amide bonds. The average Bonchev–Trinajstić information content (AvgIpc) is 2.67. The van der Waals surface area contributed by atoms with Crippen LogP contribution in [0.5, 0.6) is 5.75 Å². The summed E-state index contributed by atoms with van der Waals surface area (Å²) in [5, 5.41) is 0. The molecule has 1 unspecified atom stereocenters. The van der Waals surface area contributed by atoms with Gasteiger partial charge in [-0.05, 0) is 44.0 Å². The van der Waals surface area contributed by atoms with Crippen LogP contribution in [-0.4, -0.2) is 55.5 Å². The zero-order valence-corrected chi connectivity index (χ0v) is 18.2. The van der Waals surface area contributed by atoms with Crippen LogP contribution >= 0.6 is 24.8 Å². The van der Waals surface area contributed by atoms with E-state index < -0.39 is 0 Å². The van der Waals surface area contributed by atoms with Gasteiger partial charge >= 0.3 is 0 Å². The highest BCUT2D eigenvalue weighted by molar-refractivity contribution is 5.85. The van der Waals surface area contributed by atoms with Crippen LogP contribution in [0.3, 0.4) is 0 Å². The Morgan fingerprint density at radius 3 is 2.41 bits per heavy atom. The summed E-state index contributed by atoms with van der Waals surface area (Å²) in [6.07, 6.45) is 4.97. The van der Waals surface area contributed by atoms with Crippen molar-refractivity contribution in [2.75, 3.05) is 39.8 Å². The molecule has 0 radical (unpaired) electrons. The summed E-state index contributed by atoms with van der Waals surface area (Å²) in [6.45, 7) is 6.49. The van der Waals surface area contributed by atoms with Crippen molar-refractivity contribution in [1.29, 1.82) is 0 Å². The minimum atomic E-state index is 0. The lowest BCUT2D eigenvalue weighted by Gasteiger charge is -2.38. The van der Waals surface area contributed by atoms with Gasteiger partial charge in [0.25, 0.3) is 0 Å². The number of ether oxygens (including phenoxy) is 1. The number of hydrogen-bond donors (Lipinski definition) is 1. The largest absolute Gasteiger partial charge is 0.497 e. The van der Waals surface area contributed by atoms with Gasteiger partial charge in [-0.15, -0.1) is 24.8 Å². The lowest BCUT2D eigenvalue weighted by molar-refractivity contribution is -0.133. The molecule has 0 aliphatic carbocycles. The fraction of sp³-hybridized carbons (Fsp3) is 0.650. The molecule has 5 nitrogen and oxygen atoms in total. The maximum Gasteiger partial charge on any atom is 0.222 e. The molecule has 1 aromatic carbocycles. The number of unbranched alkanes of at least 4 members (excludes halogenated alkanes) is 3. The Hall–Kier alpha value is -1.01. The van der Waals surface area contributed by atoms with E-state index in [2.05, 4.69) is 24.0 Å². The average molecular weight is 420 g/mol. The van der Waals surface area contributed by atoms with Gasteiger partial charge in [0.15, 0.2) is 0 Å². The first-order valence-electron chi connectivity index (χ1n) is 9.51. The Morgan fingerprint density at radius 2 is 1.78 bits per heavy atom. The Balaban J connectivity index is 0.00000338. The highest BCUT2D eigenvalue weighted by Crippen LogP contribution is 2.25. The Bertz CT molecular complexity index is 538. The molecular weight excluding hydrogens is 385 g/mol. The second kappa shape index (κ2) is 14.1. The molecule has 1 aliphatic rings. The summed E-state index contributed by atoms with van der Waals surface area (Å²) in [6, 6.07) is 8.59. The number of rotatable bonds is 9. The molecule has 156 valence electrons. The van der Waals surface area contributed by atoms with Gasteiger partial charge in [-0.25, -0.2) is 0 Å². The number of carbonyl (C=O) groups excluding carboxylic acids is 1. The third-order valence-corrected chi connectivity index (χ3v) is 5.14. The number of piperazine rings is 1. The zero-order chi connectivity index (χ0) is 18.1. The highest BCUT2D eigenvalue weighted by atomic mass is 35.5. The van der Waals surface area contributed by atoms with Crippen LogP contribution in [0.4, 0.5) is 0 Å². The molecule has 1 aliphatic heterocycles. The molecule has 7 heteroatoms. The molecule has 2 N–H and O–H groups in total. The molecule has 2 rings (SSSR count). The van der Waals surface area contributed by atoms with Crippen LogP contribution in [0.25, 0.3) is 0 Å². The van der Waals surface area contributed by atoms with Crippen molar-refractivity contribution < 1.29 is 9.53 Å². The third-order valence-electron chi connectivity index (χ3n) is 5.14. The SMILES string of the molecule is COc1cccc(C(C)N2CCN(C(=O)CCCCCCN)CC2)c1.Cl.Cl. The first kappa shape index (κ1) is 26.0. The fourth-order valence-corrected chi connectivity index (χ4v) is 3.40. The monoisotopic (exact) mass is 419 g/mol. The van der Waals surface area contributed by atoms with E-state index in [1.165, 1.54) is 5.56 Å². The number of halogens is 2. The summed E-state index contributed by atoms with van der Waals surface area (Å²) in [5.74, 6) is 1.20. The van der Waals surface area contributed by atoms with E-state index in [0.29, 0.717) is 18.4 Å². The van der Waals surface area contributed by atoms with E-state index in [9.17, 15) is 4.79 Å². The molecule has 1 aromatic rings. The van der Waals surface area contributed by atoms with Crippen LogP contribution in [0, 0.1) is 0 Å². The van der Waals surface area contributed by atoms with Crippen LogP contribution in [0.15, 0.2) is 24.3 Å². The van der Waals surface area contributed by atoms with Crippen molar-refractivity contribution in [2.24, 2.45) is 5.73 Å². The van der Waals surface area contributed by atoms with E-state index in [1.54, 1.807) is 7.11 Å². The number of hydrogen-bond acceptors (Lipinski definition) is 4. The third kappa shape index (κ3) is 8.26. The molecule has 1 heterocycles. The molecular formula is C20H35Cl2N3O2. The highest BCUT2D eigenvalue weighted by Gasteiger charge is 2.24. The first-order valence-corrected chi connectivity index (χ1v) is 9.51. The Morgan fingerprint density at radius 1 is 1.11 bits per heavy atom. The number of nitrogens with zero attached hydrogens (tertiary/aromatic N) is 2. The molecule has 1 atom stereocenters. The molecule has 1 fully saturated rings. The van der Waals surface area contributed by atoms with Crippen molar-refractivity contribution in [3.05, 3.63) is 29.8 Å². The number of methoxy groups -OCH3 is 1. The predicted molar refractivity (Wildman–Crippen MR) is 116 cm³/mol. The van der Waals surface area contributed by atoms with Crippen molar-refractivity contribution in [1.82, 2.24) is 9.80 Å². The van der Waals surface area contributed by atoms with Crippen LogP contribution < -0.4 is 10.5 Å². The first-order chi connectivity index (χ1) is 12.2. The van der Waals surface area contributed by atoms with Gasteiger partial charge in [-0.3, -0.25) is 9.69 Å². The number of amides is 1. The lowest BCUT2D eigenvalue weighted by atomic mass is 10.1. The predicted octanol–water partition coefficient (Wildman–Crippen LogP) is 3.65. The topological polar surface area (TPSA) is 58.8 Å². The van der Waals surface area contributed by atoms with E-state index in [0.717, 1.165) is 64.2 Å². The van der Waals surface area contributed by atoms with Gasteiger partial charge in [0.1, 0.15) is 5.75 Å². The Labute approximate surface area is 176 Å². The van der Waals surface area contributed by atoms with Crippen LogP contribution in [0.2, 0.25) is 0 Å². The second-order valence-corrected chi connectivity index (χ2v) is 6.82. The maximum absolute atomic E-state index is 12.3. The molecule has 0 spiro atoms. The standard InChI is InChI=1S/C20H33N3O2.2ClH/c1-17(18-8-7-9-19(16-18)25-2)22-12-14-23(15-13-22)20(24)10-5-3-4-6-11-21;;/h7-9,16-17H,3-6,10-15,21H2,1-2H3;2*1H. The smallest absolute Gasteiger partial charge is 0.222 e. The summed E-state index contributed by atoms with van der Waals surface area (Å²) in [4.78, 5) is 16.8. The summed E-state index contributed by atoms with van der Waals surface area (Å²) < 4.78 is 5.32. The quantitative estimate of drug-likeness (QED) is 0.620. The number of carbonyl (C=O) groups is 1. The summed E-state index contributed by atoms with van der Waals surface area (Å²) in [7, 11) is 1.70. The van der Waals surface area contributed by atoms with E-state index in [-0.39, 0.29) is 24.8 Å². The molecule has 0 saturated carbocycles. The normalized spacial score (nSPS) is 15.4. The van der Waals surface area contributed by atoms with Crippen LogP contribution in [0.1, 0.15) is 50.6 Å². The maximum atomic E-state index is 12.3. The van der Waals surface area contributed by atoms with Crippen molar-refractivity contribution in [3.63, 3.8) is 0 Å². The summed E-state index contributed by atoms with van der Waals surface area (Å²) in [5.41, 5.74) is 6.76.